The second-order valence-electron chi connectivity index (χ2n) is 5.19. The van der Waals surface area contributed by atoms with Crippen molar-refractivity contribution in [3.63, 3.8) is 0 Å². The molecule has 3 heteroatoms. The highest BCUT2D eigenvalue weighted by Crippen LogP contribution is 2.24. The van der Waals surface area contributed by atoms with Gasteiger partial charge in [-0.1, -0.05) is 36.4 Å². The molecule has 0 radical (unpaired) electrons. The van der Waals surface area contributed by atoms with E-state index in [4.69, 9.17) is 0 Å². The third-order valence-electron chi connectivity index (χ3n) is 3.68. The maximum absolute atomic E-state index is 12.5. The van der Waals surface area contributed by atoms with Crippen LogP contribution in [0.4, 0.5) is 0 Å². The molecule has 0 bridgehead atoms. The standard InChI is InChI=1S/C18H20O3/c1-13-11-12-14-7-3-4-8-15(14)18(13)16(19)9-5-6-10-17(20)21-2/h3-4,7-8,11-12H,5-6,9-10H2,1-2H3. The van der Waals surface area contributed by atoms with Gasteiger partial charge in [0.1, 0.15) is 0 Å². The predicted molar refractivity (Wildman–Crippen MR) is 83.5 cm³/mol. The lowest BCUT2D eigenvalue weighted by molar-refractivity contribution is -0.140. The first kappa shape index (κ1) is 15.2. The van der Waals surface area contributed by atoms with Crippen molar-refractivity contribution in [3.05, 3.63) is 47.5 Å². The summed E-state index contributed by atoms with van der Waals surface area (Å²) in [4.78, 5) is 23.5. The molecule has 0 spiro atoms. The number of aryl methyl sites for hydroxylation is 1. The van der Waals surface area contributed by atoms with Crippen molar-refractivity contribution in [2.45, 2.75) is 32.6 Å². The number of hydrogen-bond donors (Lipinski definition) is 0. The van der Waals surface area contributed by atoms with Gasteiger partial charge in [0, 0.05) is 18.4 Å². The van der Waals surface area contributed by atoms with Crippen molar-refractivity contribution in [2.75, 3.05) is 7.11 Å². The quantitative estimate of drug-likeness (QED) is 0.456. The zero-order valence-corrected chi connectivity index (χ0v) is 12.5. The van der Waals surface area contributed by atoms with Gasteiger partial charge in [0.25, 0.3) is 0 Å². The number of fused-ring (bicyclic) bond motifs is 1. The third-order valence-corrected chi connectivity index (χ3v) is 3.68. The number of benzene rings is 2. The van der Waals surface area contributed by atoms with Crippen molar-refractivity contribution in [1.82, 2.24) is 0 Å². The van der Waals surface area contributed by atoms with Crippen LogP contribution in [-0.4, -0.2) is 18.9 Å². The first-order valence-corrected chi connectivity index (χ1v) is 7.22. The Kier molecular flexibility index (Phi) is 5.09. The average Bonchev–Trinajstić information content (AvgIpc) is 2.50. The molecule has 2 rings (SSSR count). The van der Waals surface area contributed by atoms with E-state index in [9.17, 15) is 9.59 Å². The molecular weight excluding hydrogens is 264 g/mol. The molecule has 0 amide bonds. The molecule has 0 atom stereocenters. The Morgan fingerprint density at radius 2 is 1.71 bits per heavy atom. The Labute approximate surface area is 124 Å². The monoisotopic (exact) mass is 284 g/mol. The van der Waals surface area contributed by atoms with Crippen LogP contribution in [0, 0.1) is 6.92 Å². The van der Waals surface area contributed by atoms with Gasteiger partial charge in [-0.2, -0.15) is 0 Å². The zero-order valence-electron chi connectivity index (χ0n) is 12.5. The lowest BCUT2D eigenvalue weighted by Crippen LogP contribution is -2.04. The van der Waals surface area contributed by atoms with Crippen LogP contribution in [-0.2, 0) is 9.53 Å². The summed E-state index contributed by atoms with van der Waals surface area (Å²) in [6.07, 6.45) is 2.23. The van der Waals surface area contributed by atoms with Gasteiger partial charge in [0.15, 0.2) is 5.78 Å². The fourth-order valence-electron chi connectivity index (χ4n) is 2.53. The van der Waals surface area contributed by atoms with E-state index in [0.29, 0.717) is 25.7 Å². The molecule has 110 valence electrons. The van der Waals surface area contributed by atoms with Crippen molar-refractivity contribution in [1.29, 1.82) is 0 Å². The van der Waals surface area contributed by atoms with Crippen molar-refractivity contribution in [3.8, 4) is 0 Å². The van der Waals surface area contributed by atoms with Gasteiger partial charge < -0.3 is 4.74 Å². The van der Waals surface area contributed by atoms with E-state index in [1.165, 1.54) is 7.11 Å². The van der Waals surface area contributed by atoms with Gasteiger partial charge in [0.05, 0.1) is 7.11 Å². The van der Waals surface area contributed by atoms with Crippen LogP contribution in [0.5, 0.6) is 0 Å². The van der Waals surface area contributed by atoms with Gasteiger partial charge >= 0.3 is 5.97 Å². The number of esters is 1. The molecule has 0 saturated heterocycles. The van der Waals surface area contributed by atoms with E-state index in [1.807, 2.05) is 43.3 Å². The number of Topliss-reactive ketones (excluding diaryl/α,β-unsaturated/α-hetero) is 1. The summed E-state index contributed by atoms with van der Waals surface area (Å²) in [6.45, 7) is 1.97. The van der Waals surface area contributed by atoms with Crippen LogP contribution in [0.15, 0.2) is 36.4 Å². The highest BCUT2D eigenvalue weighted by molar-refractivity contribution is 6.09. The number of ether oxygens (including phenoxy) is 1. The van der Waals surface area contributed by atoms with Crippen molar-refractivity contribution >= 4 is 22.5 Å². The minimum atomic E-state index is -0.219. The van der Waals surface area contributed by atoms with Crippen LogP contribution in [0.1, 0.15) is 41.6 Å². The normalized spacial score (nSPS) is 10.6. The summed E-state index contributed by atoms with van der Waals surface area (Å²) < 4.78 is 4.59. The molecule has 2 aromatic rings. The van der Waals surface area contributed by atoms with E-state index in [2.05, 4.69) is 4.74 Å². The lowest BCUT2D eigenvalue weighted by Gasteiger charge is -2.09. The fourth-order valence-corrected chi connectivity index (χ4v) is 2.53. The minimum Gasteiger partial charge on any atom is -0.469 e. The fraction of sp³-hybridized carbons (Fsp3) is 0.333. The summed E-state index contributed by atoms with van der Waals surface area (Å²) in [7, 11) is 1.38. The Hall–Kier alpha value is -2.16. The Morgan fingerprint density at radius 3 is 2.48 bits per heavy atom. The van der Waals surface area contributed by atoms with Crippen molar-refractivity contribution < 1.29 is 14.3 Å². The smallest absolute Gasteiger partial charge is 0.305 e. The van der Waals surface area contributed by atoms with Gasteiger partial charge in [-0.05, 0) is 36.1 Å². The molecule has 3 nitrogen and oxygen atoms in total. The van der Waals surface area contributed by atoms with E-state index >= 15 is 0 Å². The summed E-state index contributed by atoms with van der Waals surface area (Å²) in [5.74, 6) is -0.0713. The molecule has 0 fully saturated rings. The SMILES string of the molecule is COC(=O)CCCCC(=O)c1c(C)ccc2ccccc12. The first-order chi connectivity index (χ1) is 10.1. The molecule has 0 saturated carbocycles. The topological polar surface area (TPSA) is 43.4 Å². The zero-order chi connectivity index (χ0) is 15.2. The molecule has 2 aromatic carbocycles. The summed E-state index contributed by atoms with van der Waals surface area (Å²) >= 11 is 0. The molecule has 0 aliphatic rings. The number of carbonyl (C=O) groups excluding carboxylic acids is 2. The molecule has 0 unspecified atom stereocenters. The largest absolute Gasteiger partial charge is 0.469 e. The number of carbonyl (C=O) groups is 2. The number of rotatable bonds is 6. The summed E-state index contributed by atoms with van der Waals surface area (Å²) in [6, 6.07) is 12.0. The van der Waals surface area contributed by atoms with E-state index in [0.717, 1.165) is 21.9 Å². The van der Waals surface area contributed by atoms with E-state index < -0.39 is 0 Å². The molecule has 0 aromatic heterocycles. The minimum absolute atomic E-state index is 0.147. The second-order valence-corrected chi connectivity index (χ2v) is 5.19. The second kappa shape index (κ2) is 7.02. The van der Waals surface area contributed by atoms with Crippen LogP contribution >= 0.6 is 0 Å². The third kappa shape index (κ3) is 3.69. The maximum atomic E-state index is 12.5. The molecule has 0 heterocycles. The number of unbranched alkanes of at least 4 members (excludes halogenated alkanes) is 1. The van der Waals surface area contributed by atoms with E-state index in [-0.39, 0.29) is 11.8 Å². The Morgan fingerprint density at radius 1 is 1.00 bits per heavy atom. The van der Waals surface area contributed by atoms with Crippen LogP contribution in [0.2, 0.25) is 0 Å². The molecule has 21 heavy (non-hydrogen) atoms. The van der Waals surface area contributed by atoms with Gasteiger partial charge in [-0.15, -0.1) is 0 Å². The Balaban J connectivity index is 2.09. The highest BCUT2D eigenvalue weighted by atomic mass is 16.5. The van der Waals surface area contributed by atoms with Gasteiger partial charge in [-0.25, -0.2) is 0 Å². The van der Waals surface area contributed by atoms with E-state index in [1.54, 1.807) is 0 Å². The average molecular weight is 284 g/mol. The molecular formula is C18H20O3. The molecule has 0 N–H and O–H groups in total. The molecule has 0 aliphatic heterocycles. The number of methoxy groups -OCH3 is 1. The number of ketones is 1. The molecule has 0 aliphatic carbocycles. The lowest BCUT2D eigenvalue weighted by atomic mass is 9.94. The summed E-state index contributed by atoms with van der Waals surface area (Å²) in [5, 5.41) is 2.09. The first-order valence-electron chi connectivity index (χ1n) is 7.22. The predicted octanol–water partition coefficient (Wildman–Crippen LogP) is 4.06. The maximum Gasteiger partial charge on any atom is 0.305 e. The van der Waals surface area contributed by atoms with Crippen molar-refractivity contribution in [2.24, 2.45) is 0 Å². The summed E-state index contributed by atoms with van der Waals surface area (Å²) in [5.41, 5.74) is 1.82. The van der Waals surface area contributed by atoms with Crippen LogP contribution < -0.4 is 0 Å². The highest BCUT2D eigenvalue weighted by Gasteiger charge is 2.13. The van der Waals surface area contributed by atoms with Crippen LogP contribution in [0.3, 0.4) is 0 Å². The van der Waals surface area contributed by atoms with Gasteiger partial charge in [-0.3, -0.25) is 9.59 Å². The van der Waals surface area contributed by atoms with Gasteiger partial charge in [0.2, 0.25) is 0 Å². The van der Waals surface area contributed by atoms with Crippen LogP contribution in [0.25, 0.3) is 10.8 Å². The number of hydrogen-bond acceptors (Lipinski definition) is 3. The Bertz CT molecular complexity index is 659.